The van der Waals surface area contributed by atoms with Crippen molar-refractivity contribution in [1.82, 2.24) is 9.88 Å². The van der Waals surface area contributed by atoms with Crippen LogP contribution in [-0.2, 0) is 4.79 Å². The van der Waals surface area contributed by atoms with Crippen molar-refractivity contribution in [2.75, 3.05) is 20.2 Å². The summed E-state index contributed by atoms with van der Waals surface area (Å²) in [5, 5.41) is 4.76. The molecule has 3 fully saturated rings. The highest BCUT2D eigenvalue weighted by Gasteiger charge is 2.85. The van der Waals surface area contributed by atoms with Crippen molar-refractivity contribution in [2.45, 2.75) is 24.9 Å². The Morgan fingerprint density at radius 3 is 3.13 bits per heavy atom. The molecule has 1 aromatic rings. The van der Waals surface area contributed by atoms with Crippen LogP contribution in [0.4, 0.5) is 4.39 Å². The number of piperidine rings is 1. The van der Waals surface area contributed by atoms with Gasteiger partial charge >= 0.3 is 5.91 Å². The molecule has 5 heterocycles. The summed E-state index contributed by atoms with van der Waals surface area (Å²) in [6, 6.07) is 1.53. The smallest absolute Gasteiger partial charge is 0.315 e. The molecule has 2 spiro atoms. The van der Waals surface area contributed by atoms with E-state index in [9.17, 15) is 9.18 Å². The van der Waals surface area contributed by atoms with Crippen molar-refractivity contribution in [3.63, 3.8) is 0 Å². The lowest BCUT2D eigenvalue weighted by atomic mass is 10.0. The number of hydrogen-bond donors (Lipinski definition) is 0. The lowest BCUT2D eigenvalue weighted by Crippen LogP contribution is -2.44. The lowest BCUT2D eigenvalue weighted by Gasteiger charge is -2.26. The molecule has 3 saturated heterocycles. The SMILES string of the molecule is COc1cc(C2=N[N+]34CC35CCCCN5C(=O)C4=C2)c(F)cn1. The number of rotatable bonds is 2. The van der Waals surface area contributed by atoms with Gasteiger partial charge in [-0.2, -0.15) is 0 Å². The number of aromatic nitrogens is 1. The molecule has 2 atom stereocenters. The molecule has 5 rings (SSSR count). The monoisotopic (exact) mass is 315 g/mol. The van der Waals surface area contributed by atoms with Gasteiger partial charge in [0.1, 0.15) is 5.71 Å². The van der Waals surface area contributed by atoms with Crippen molar-refractivity contribution >= 4 is 11.6 Å². The topological polar surface area (TPSA) is 54.8 Å². The molecule has 0 bridgehead atoms. The Balaban J connectivity index is 1.62. The van der Waals surface area contributed by atoms with Gasteiger partial charge in [0.05, 0.1) is 13.3 Å². The molecule has 23 heavy (non-hydrogen) atoms. The Morgan fingerprint density at radius 1 is 1.43 bits per heavy atom. The summed E-state index contributed by atoms with van der Waals surface area (Å²) in [7, 11) is 1.49. The Hall–Kier alpha value is -2.28. The molecular formula is C16H16FN4O2+. The Kier molecular flexibility index (Phi) is 2.28. The van der Waals surface area contributed by atoms with E-state index in [0.717, 1.165) is 38.5 Å². The van der Waals surface area contributed by atoms with Gasteiger partial charge in [0.25, 0.3) is 5.66 Å². The minimum atomic E-state index is -0.454. The fourth-order valence-electron chi connectivity index (χ4n) is 4.35. The van der Waals surface area contributed by atoms with Crippen LogP contribution in [0.25, 0.3) is 0 Å². The Labute approximate surface area is 132 Å². The van der Waals surface area contributed by atoms with E-state index in [2.05, 4.69) is 4.98 Å². The third kappa shape index (κ3) is 1.39. The van der Waals surface area contributed by atoms with E-state index in [1.165, 1.54) is 13.2 Å². The molecule has 2 unspecified atom stereocenters. The minimum absolute atomic E-state index is 0.0520. The van der Waals surface area contributed by atoms with Gasteiger partial charge in [-0.15, -0.1) is 4.59 Å². The lowest BCUT2D eigenvalue weighted by molar-refractivity contribution is -0.789. The normalized spacial score (nSPS) is 33.7. The van der Waals surface area contributed by atoms with E-state index in [1.807, 2.05) is 4.90 Å². The number of carbonyl (C=O) groups is 1. The first-order valence-electron chi connectivity index (χ1n) is 7.84. The van der Waals surface area contributed by atoms with Crippen LogP contribution >= 0.6 is 0 Å². The van der Waals surface area contributed by atoms with Gasteiger partial charge in [-0.3, -0.25) is 9.69 Å². The fourth-order valence-corrected chi connectivity index (χ4v) is 4.35. The highest BCUT2D eigenvalue weighted by Crippen LogP contribution is 2.62. The maximum absolute atomic E-state index is 14.2. The molecule has 0 saturated carbocycles. The summed E-state index contributed by atoms with van der Waals surface area (Å²) in [6.07, 6.45) is 6.00. The molecule has 0 N–H and O–H groups in total. The molecule has 6 nitrogen and oxygen atoms in total. The first-order chi connectivity index (χ1) is 11.1. The standard InChI is InChI=1S/C16H16FN4O2/c1-23-14-6-10(11(17)8-18-14)12-7-13-15(22)20-5-3-2-4-16(20)9-21(13,16)19-12/h6-8H,2-5,9H2,1H3/q+1. The molecule has 118 valence electrons. The largest absolute Gasteiger partial charge is 0.481 e. The van der Waals surface area contributed by atoms with Gasteiger partial charge < -0.3 is 4.74 Å². The highest BCUT2D eigenvalue weighted by molar-refractivity contribution is 6.14. The second-order valence-corrected chi connectivity index (χ2v) is 6.55. The van der Waals surface area contributed by atoms with Crippen molar-refractivity contribution < 1.29 is 18.5 Å². The van der Waals surface area contributed by atoms with Gasteiger partial charge in [-0.25, -0.2) is 9.37 Å². The third-order valence-electron chi connectivity index (χ3n) is 5.51. The van der Waals surface area contributed by atoms with Gasteiger partial charge in [-0.1, -0.05) is 5.10 Å². The zero-order valence-corrected chi connectivity index (χ0v) is 12.8. The zero-order valence-electron chi connectivity index (χ0n) is 12.8. The number of amides is 1. The van der Waals surface area contributed by atoms with Crippen LogP contribution in [0.2, 0.25) is 0 Å². The summed E-state index contributed by atoms with van der Waals surface area (Å²) >= 11 is 0. The molecule has 4 aliphatic rings. The van der Waals surface area contributed by atoms with E-state index in [-0.39, 0.29) is 11.6 Å². The van der Waals surface area contributed by atoms with Crippen LogP contribution in [0.1, 0.15) is 24.8 Å². The minimum Gasteiger partial charge on any atom is -0.481 e. The summed E-state index contributed by atoms with van der Waals surface area (Å²) in [5.41, 5.74) is 1.32. The molecule has 0 radical (unpaired) electrons. The fraction of sp³-hybridized carbons (Fsp3) is 0.438. The molecular weight excluding hydrogens is 299 g/mol. The van der Waals surface area contributed by atoms with Crippen molar-refractivity contribution in [1.29, 1.82) is 0 Å². The van der Waals surface area contributed by atoms with Crippen molar-refractivity contribution in [3.8, 4) is 5.88 Å². The number of nitrogens with zero attached hydrogens (tertiary/aromatic N) is 4. The van der Waals surface area contributed by atoms with Crippen molar-refractivity contribution in [3.05, 3.63) is 35.4 Å². The Bertz CT molecular complexity index is 820. The zero-order chi connectivity index (χ0) is 15.8. The number of pyridine rings is 1. The summed E-state index contributed by atoms with van der Waals surface area (Å²) in [4.78, 5) is 18.5. The van der Waals surface area contributed by atoms with Gasteiger partial charge in [-0.05, 0) is 12.8 Å². The Morgan fingerprint density at radius 2 is 2.30 bits per heavy atom. The second kappa shape index (κ2) is 3.97. The van der Waals surface area contributed by atoms with Crippen LogP contribution in [-0.4, -0.2) is 52.0 Å². The predicted octanol–water partition coefficient (Wildman–Crippen LogP) is 1.38. The van der Waals surface area contributed by atoms with Crippen molar-refractivity contribution in [2.24, 2.45) is 5.10 Å². The maximum Gasteiger partial charge on any atom is 0.315 e. The van der Waals surface area contributed by atoms with Gasteiger partial charge in [0, 0.05) is 30.7 Å². The molecule has 0 aromatic carbocycles. The number of carbonyl (C=O) groups excluding carboxylic acids is 1. The quantitative estimate of drug-likeness (QED) is 0.612. The summed E-state index contributed by atoms with van der Waals surface area (Å²) < 4.78 is 19.6. The van der Waals surface area contributed by atoms with Crippen LogP contribution in [0.5, 0.6) is 5.88 Å². The second-order valence-electron chi connectivity index (χ2n) is 6.55. The van der Waals surface area contributed by atoms with Crippen LogP contribution < -0.4 is 4.74 Å². The predicted molar refractivity (Wildman–Crippen MR) is 78.8 cm³/mol. The van der Waals surface area contributed by atoms with E-state index >= 15 is 0 Å². The molecule has 7 heteroatoms. The first kappa shape index (κ1) is 13.2. The third-order valence-corrected chi connectivity index (χ3v) is 5.51. The van der Waals surface area contributed by atoms with Gasteiger partial charge in [0.2, 0.25) is 11.6 Å². The van der Waals surface area contributed by atoms with E-state index < -0.39 is 5.82 Å². The number of hydrogen-bond acceptors (Lipinski definition) is 4. The van der Waals surface area contributed by atoms with Crippen LogP contribution in [0.3, 0.4) is 0 Å². The number of halogens is 1. The molecule has 1 aromatic heterocycles. The molecule has 4 aliphatic heterocycles. The molecule has 1 amide bonds. The van der Waals surface area contributed by atoms with E-state index in [0.29, 0.717) is 27.4 Å². The summed E-state index contributed by atoms with van der Waals surface area (Å²) in [5.74, 6) is -0.0681. The number of ether oxygens (including phenoxy) is 1. The number of quaternary nitrogens is 1. The first-order valence-corrected chi connectivity index (χ1v) is 7.84. The number of methoxy groups -OCH3 is 1. The number of piperazine rings is 1. The van der Waals surface area contributed by atoms with Crippen LogP contribution in [0.15, 0.2) is 29.1 Å². The van der Waals surface area contributed by atoms with E-state index in [4.69, 9.17) is 9.84 Å². The highest BCUT2D eigenvalue weighted by atomic mass is 19.1. The number of allylic oxidation sites excluding steroid dienone is 1. The van der Waals surface area contributed by atoms with E-state index in [1.54, 1.807) is 6.08 Å². The van der Waals surface area contributed by atoms with Gasteiger partial charge in [0.15, 0.2) is 12.4 Å². The average Bonchev–Trinajstić information content (AvgIpc) is 2.91. The molecule has 0 aliphatic carbocycles. The maximum atomic E-state index is 14.2. The van der Waals surface area contributed by atoms with Crippen LogP contribution in [0, 0.1) is 5.82 Å². The average molecular weight is 315 g/mol. The summed E-state index contributed by atoms with van der Waals surface area (Å²) in [6.45, 7) is 1.62.